The molecule has 0 aliphatic carbocycles. The van der Waals surface area contributed by atoms with Crippen LogP contribution >= 0.6 is 0 Å². The van der Waals surface area contributed by atoms with Gasteiger partial charge in [-0.15, -0.1) is 0 Å². The van der Waals surface area contributed by atoms with Crippen molar-refractivity contribution in [3.05, 3.63) is 84.2 Å². The summed E-state index contributed by atoms with van der Waals surface area (Å²) in [7, 11) is 0. The van der Waals surface area contributed by atoms with E-state index in [4.69, 9.17) is 0 Å². The van der Waals surface area contributed by atoms with E-state index in [0.717, 1.165) is 24.1 Å². The van der Waals surface area contributed by atoms with E-state index in [-0.39, 0.29) is 0 Å². The van der Waals surface area contributed by atoms with Crippen molar-refractivity contribution in [2.24, 2.45) is 0 Å². The summed E-state index contributed by atoms with van der Waals surface area (Å²) in [5, 5.41) is 5.84. The Balaban J connectivity index is 0.000000196. The maximum atomic E-state index is 12.4. The van der Waals surface area contributed by atoms with Gasteiger partial charge in [0.15, 0.2) is 0 Å². The predicted molar refractivity (Wildman–Crippen MR) is 111 cm³/mol. The van der Waals surface area contributed by atoms with Crippen molar-refractivity contribution < 1.29 is 18.0 Å². The van der Waals surface area contributed by atoms with Gasteiger partial charge >= 0.3 is 6.18 Å². The quantitative estimate of drug-likeness (QED) is 0.585. The first-order chi connectivity index (χ1) is 14.5. The van der Waals surface area contributed by atoms with Crippen molar-refractivity contribution in [1.29, 1.82) is 0 Å². The number of nitrogens with zero attached hydrogens (tertiary/aromatic N) is 1. The minimum Gasteiger partial charge on any atom is -0.329 e. The number of hydrogen-bond donors (Lipinski definition) is 2. The monoisotopic (exact) mass is 413 g/mol. The molecule has 0 bridgehead atoms. The van der Waals surface area contributed by atoms with Crippen LogP contribution in [-0.2, 0) is 11.0 Å². The molecule has 2 N–H and O–H groups in total. The first-order valence-electron chi connectivity index (χ1n) is 9.57. The number of pyridine rings is 1. The summed E-state index contributed by atoms with van der Waals surface area (Å²) in [4.78, 5) is 13.6. The molecule has 30 heavy (non-hydrogen) atoms. The Morgan fingerprint density at radius 2 is 1.67 bits per heavy atom. The SMILES string of the molecule is O=CNc1ccc(-c2ccc(C(F)(F)F)nc2)cc1.c1ccc(C2CCNC2)cc1. The number of aromatic nitrogens is 1. The summed E-state index contributed by atoms with van der Waals surface area (Å²) in [5.41, 5.74) is 2.47. The number of hydrogen-bond acceptors (Lipinski definition) is 3. The lowest BCUT2D eigenvalue weighted by atomic mass is 9.99. The lowest BCUT2D eigenvalue weighted by Crippen LogP contribution is -2.07. The van der Waals surface area contributed by atoms with Crippen molar-refractivity contribution in [2.45, 2.75) is 18.5 Å². The Bertz CT molecular complexity index is 921. The van der Waals surface area contributed by atoms with Gasteiger partial charge in [-0.1, -0.05) is 48.5 Å². The number of nitrogens with one attached hydrogen (secondary N) is 2. The van der Waals surface area contributed by atoms with E-state index in [0.29, 0.717) is 17.7 Å². The molecule has 1 unspecified atom stereocenters. The minimum absolute atomic E-state index is 0.550. The molecule has 1 aliphatic heterocycles. The summed E-state index contributed by atoms with van der Waals surface area (Å²) in [5.74, 6) is 0.760. The van der Waals surface area contributed by atoms with Crippen LogP contribution in [0.25, 0.3) is 11.1 Å². The lowest BCUT2D eigenvalue weighted by molar-refractivity contribution is -0.141. The highest BCUT2D eigenvalue weighted by atomic mass is 19.4. The zero-order chi connectivity index (χ0) is 21.4. The molecule has 1 aromatic heterocycles. The Morgan fingerprint density at radius 3 is 2.20 bits per heavy atom. The Morgan fingerprint density at radius 1 is 0.967 bits per heavy atom. The highest BCUT2D eigenvalue weighted by Gasteiger charge is 2.32. The number of benzene rings is 2. The average Bonchev–Trinajstić information content (AvgIpc) is 3.30. The molecule has 1 atom stereocenters. The van der Waals surface area contributed by atoms with Crippen LogP contribution in [-0.4, -0.2) is 24.5 Å². The number of carbonyl (C=O) groups is 1. The third kappa shape index (κ3) is 5.90. The van der Waals surface area contributed by atoms with Gasteiger partial charge in [-0.25, -0.2) is 0 Å². The maximum Gasteiger partial charge on any atom is 0.433 e. The van der Waals surface area contributed by atoms with Crippen LogP contribution < -0.4 is 10.6 Å². The number of alkyl halides is 3. The van der Waals surface area contributed by atoms with Crippen LogP contribution in [0, 0.1) is 0 Å². The first kappa shape index (κ1) is 21.5. The molecule has 0 saturated carbocycles. The number of halogens is 3. The normalized spacial score (nSPS) is 15.8. The van der Waals surface area contributed by atoms with Gasteiger partial charge in [0.05, 0.1) is 0 Å². The highest BCUT2D eigenvalue weighted by Crippen LogP contribution is 2.29. The fraction of sp³-hybridized carbons (Fsp3) is 0.217. The van der Waals surface area contributed by atoms with E-state index in [2.05, 4.69) is 45.9 Å². The summed E-state index contributed by atoms with van der Waals surface area (Å²) in [6.45, 7) is 2.34. The molecule has 1 aliphatic rings. The van der Waals surface area contributed by atoms with Crippen LogP contribution in [0.15, 0.2) is 72.9 Å². The fourth-order valence-electron chi connectivity index (χ4n) is 3.22. The molecule has 3 aromatic rings. The first-order valence-corrected chi connectivity index (χ1v) is 9.57. The van der Waals surface area contributed by atoms with Crippen LogP contribution in [0.2, 0.25) is 0 Å². The number of carbonyl (C=O) groups excluding carboxylic acids is 1. The fourth-order valence-corrected chi connectivity index (χ4v) is 3.22. The zero-order valence-electron chi connectivity index (χ0n) is 16.2. The molecule has 0 radical (unpaired) electrons. The molecule has 1 saturated heterocycles. The molecule has 0 spiro atoms. The molecular weight excluding hydrogens is 391 g/mol. The van der Waals surface area contributed by atoms with E-state index < -0.39 is 11.9 Å². The average molecular weight is 413 g/mol. The largest absolute Gasteiger partial charge is 0.433 e. The molecule has 1 amide bonds. The van der Waals surface area contributed by atoms with Gasteiger partial charge in [0.1, 0.15) is 5.69 Å². The van der Waals surface area contributed by atoms with Crippen LogP contribution in [0.3, 0.4) is 0 Å². The van der Waals surface area contributed by atoms with Crippen molar-refractivity contribution >= 4 is 12.1 Å². The van der Waals surface area contributed by atoms with Crippen LogP contribution in [0.5, 0.6) is 0 Å². The Kier molecular flexibility index (Phi) is 7.19. The van der Waals surface area contributed by atoms with Gasteiger partial charge in [-0.3, -0.25) is 9.78 Å². The van der Waals surface area contributed by atoms with E-state index in [1.807, 2.05) is 0 Å². The van der Waals surface area contributed by atoms with Gasteiger partial charge in [-0.2, -0.15) is 13.2 Å². The molecular formula is C23H22F3N3O. The second-order valence-corrected chi connectivity index (χ2v) is 6.87. The van der Waals surface area contributed by atoms with Gasteiger partial charge < -0.3 is 10.6 Å². The Hall–Kier alpha value is -3.19. The van der Waals surface area contributed by atoms with E-state index in [1.54, 1.807) is 24.3 Å². The number of rotatable bonds is 4. The molecule has 156 valence electrons. The predicted octanol–water partition coefficient (Wildman–Crippen LogP) is 5.10. The van der Waals surface area contributed by atoms with Gasteiger partial charge in [-0.05, 0) is 48.2 Å². The van der Waals surface area contributed by atoms with Gasteiger partial charge in [0.2, 0.25) is 6.41 Å². The second kappa shape index (κ2) is 10.0. The maximum absolute atomic E-state index is 12.4. The van der Waals surface area contributed by atoms with Crippen LogP contribution in [0.4, 0.5) is 18.9 Å². The highest BCUT2D eigenvalue weighted by molar-refractivity contribution is 5.73. The van der Waals surface area contributed by atoms with Crippen molar-refractivity contribution in [3.8, 4) is 11.1 Å². The van der Waals surface area contributed by atoms with E-state index in [1.165, 1.54) is 30.8 Å². The second-order valence-electron chi connectivity index (χ2n) is 6.87. The minimum atomic E-state index is -4.43. The lowest BCUT2D eigenvalue weighted by Gasteiger charge is -2.07. The number of anilines is 1. The molecule has 1 fully saturated rings. The summed E-state index contributed by atoms with van der Waals surface area (Å²) >= 11 is 0. The van der Waals surface area contributed by atoms with Crippen molar-refractivity contribution in [3.63, 3.8) is 0 Å². The third-order valence-corrected chi connectivity index (χ3v) is 4.83. The van der Waals surface area contributed by atoms with Crippen LogP contribution in [0.1, 0.15) is 23.6 Å². The molecule has 2 aromatic carbocycles. The summed E-state index contributed by atoms with van der Waals surface area (Å²) in [6.07, 6.45) is -1.42. The molecule has 2 heterocycles. The van der Waals surface area contributed by atoms with E-state index in [9.17, 15) is 18.0 Å². The van der Waals surface area contributed by atoms with E-state index >= 15 is 0 Å². The topological polar surface area (TPSA) is 54.0 Å². The standard InChI is InChI=1S/C13H9F3N2O.C10H13N/c14-13(15,16)12-6-3-10(7-17-12)9-1-4-11(5-2-9)18-8-19;1-2-4-9(5-3-1)10-6-7-11-8-10/h1-8H,(H,18,19);1-5,10-11H,6-8H2. The molecule has 4 rings (SSSR count). The zero-order valence-corrected chi connectivity index (χ0v) is 16.2. The summed E-state index contributed by atoms with van der Waals surface area (Å²) < 4.78 is 37.1. The third-order valence-electron chi connectivity index (χ3n) is 4.83. The van der Waals surface area contributed by atoms with Crippen molar-refractivity contribution in [1.82, 2.24) is 10.3 Å². The summed E-state index contributed by atoms with van der Waals surface area (Å²) in [6, 6.07) is 19.7. The smallest absolute Gasteiger partial charge is 0.329 e. The number of amides is 1. The van der Waals surface area contributed by atoms with Gasteiger partial charge in [0, 0.05) is 24.0 Å². The molecule has 4 nitrogen and oxygen atoms in total. The molecule has 7 heteroatoms. The Labute approximate surface area is 173 Å². The van der Waals surface area contributed by atoms with Gasteiger partial charge in [0.25, 0.3) is 0 Å². The van der Waals surface area contributed by atoms with Crippen molar-refractivity contribution in [2.75, 3.05) is 18.4 Å².